The maximum atomic E-state index is 11.3. The Hall–Kier alpha value is -2.04. The molecule has 2 saturated carbocycles. The van der Waals surface area contributed by atoms with Crippen molar-refractivity contribution < 1.29 is 9.66 Å². The molecule has 0 amide bonds. The Morgan fingerprint density at radius 2 is 1.50 bits per heavy atom. The first-order valence-corrected chi connectivity index (χ1v) is 13.4. The van der Waals surface area contributed by atoms with Crippen molar-refractivity contribution in [1.29, 1.82) is 0 Å². The number of ether oxygens (including phenoxy) is 1. The molecule has 6 unspecified atom stereocenters. The van der Waals surface area contributed by atoms with Crippen molar-refractivity contribution in [3.8, 4) is 5.75 Å². The molecular weight excluding hydrogens is 424 g/mol. The Balaban J connectivity index is 2.01. The van der Waals surface area contributed by atoms with Gasteiger partial charge in [-0.15, -0.1) is 0 Å². The molecule has 0 radical (unpaired) electrons. The van der Waals surface area contributed by atoms with Crippen LogP contribution in [0.15, 0.2) is 24.4 Å². The van der Waals surface area contributed by atoms with E-state index in [9.17, 15) is 10.1 Å². The monoisotopic (exact) mass is 470 g/mol. The number of rotatable bonds is 8. The number of methoxy groups -OCH3 is 1. The summed E-state index contributed by atoms with van der Waals surface area (Å²) in [4.78, 5) is 13.7. The molecule has 0 spiro atoms. The average molecular weight is 471 g/mol. The van der Waals surface area contributed by atoms with Gasteiger partial charge >= 0.3 is 5.69 Å². The summed E-state index contributed by atoms with van der Waals surface area (Å²) in [7, 11) is 1.50. The van der Waals surface area contributed by atoms with Crippen LogP contribution in [0.5, 0.6) is 5.75 Å². The Morgan fingerprint density at radius 3 is 1.94 bits per heavy atom. The van der Waals surface area contributed by atoms with Crippen molar-refractivity contribution in [2.45, 2.75) is 92.2 Å². The molecule has 2 aliphatic carbocycles. The van der Waals surface area contributed by atoms with Gasteiger partial charge in [0, 0.05) is 24.4 Å². The van der Waals surface area contributed by atoms with Gasteiger partial charge in [-0.25, -0.2) is 0 Å². The Morgan fingerprint density at radius 1 is 0.971 bits per heavy atom. The maximum absolute atomic E-state index is 11.3. The van der Waals surface area contributed by atoms with Crippen molar-refractivity contribution in [1.82, 2.24) is 4.90 Å². The van der Waals surface area contributed by atoms with Crippen LogP contribution in [0.4, 0.5) is 5.69 Å². The lowest BCUT2D eigenvalue weighted by Gasteiger charge is -2.51. The second kappa shape index (κ2) is 11.6. The number of nitro benzene ring substituents is 1. The van der Waals surface area contributed by atoms with Crippen LogP contribution >= 0.6 is 0 Å². The fourth-order valence-corrected chi connectivity index (χ4v) is 6.58. The molecule has 5 heteroatoms. The molecule has 6 atom stereocenters. The zero-order valence-corrected chi connectivity index (χ0v) is 22.4. The van der Waals surface area contributed by atoms with Gasteiger partial charge in [0.25, 0.3) is 0 Å². The van der Waals surface area contributed by atoms with Gasteiger partial charge in [0.05, 0.1) is 12.0 Å². The average Bonchev–Trinajstić information content (AvgIpc) is 2.78. The molecule has 0 saturated heterocycles. The van der Waals surface area contributed by atoms with Gasteiger partial charge in [0.15, 0.2) is 5.75 Å². The summed E-state index contributed by atoms with van der Waals surface area (Å²) in [5.74, 6) is 4.51. The second-order valence-electron chi connectivity index (χ2n) is 11.7. The summed E-state index contributed by atoms with van der Waals surface area (Å²) in [6.07, 6.45) is 12.2. The lowest BCUT2D eigenvalue weighted by Crippen LogP contribution is -2.52. The van der Waals surface area contributed by atoms with E-state index in [0.717, 1.165) is 17.4 Å². The first kappa shape index (κ1) is 26.6. The van der Waals surface area contributed by atoms with Crippen LogP contribution in [-0.4, -0.2) is 29.0 Å². The van der Waals surface area contributed by atoms with Crippen LogP contribution in [0.3, 0.4) is 0 Å². The smallest absolute Gasteiger partial charge is 0.310 e. The number of benzene rings is 1. The van der Waals surface area contributed by atoms with E-state index in [1.54, 1.807) is 12.1 Å². The molecular formula is C29H46N2O3. The molecule has 0 heterocycles. The van der Waals surface area contributed by atoms with Crippen LogP contribution in [0, 0.1) is 45.6 Å². The predicted octanol–water partition coefficient (Wildman–Crippen LogP) is 7.80. The van der Waals surface area contributed by atoms with Gasteiger partial charge in [0.2, 0.25) is 0 Å². The van der Waals surface area contributed by atoms with E-state index in [1.165, 1.54) is 45.6 Å². The molecule has 0 aromatic heterocycles. The minimum atomic E-state index is -0.383. The second-order valence-corrected chi connectivity index (χ2v) is 11.7. The normalized spacial score (nSPS) is 30.1. The Bertz CT molecular complexity index is 818. The van der Waals surface area contributed by atoms with Gasteiger partial charge < -0.3 is 9.64 Å². The van der Waals surface area contributed by atoms with E-state index >= 15 is 0 Å². The van der Waals surface area contributed by atoms with Crippen molar-refractivity contribution >= 4 is 11.8 Å². The van der Waals surface area contributed by atoms with Gasteiger partial charge in [-0.2, -0.15) is 0 Å². The van der Waals surface area contributed by atoms with Crippen LogP contribution in [0.2, 0.25) is 0 Å². The Kier molecular flexibility index (Phi) is 9.06. The standard InChI is InChI=1S/C29H46N2O3/c1-19(2)24-11-8-21(5)16-27(24)30(28-17-22(6)9-12-25(28)20(3)4)15-14-23-10-13-26(31(32)33)29(18-23)34-7/h10,13-15,18-22,24-25,27-28H,8-9,11-12,16-17H2,1-7H3. The van der Waals surface area contributed by atoms with Crippen LogP contribution in [-0.2, 0) is 0 Å². The molecule has 2 aliphatic rings. The van der Waals surface area contributed by atoms with Gasteiger partial charge in [0.1, 0.15) is 0 Å². The van der Waals surface area contributed by atoms with Gasteiger partial charge in [-0.3, -0.25) is 10.1 Å². The third-order valence-corrected chi connectivity index (χ3v) is 8.58. The molecule has 5 nitrogen and oxygen atoms in total. The molecule has 190 valence electrons. The number of nitrogens with zero attached hydrogens (tertiary/aromatic N) is 2. The van der Waals surface area contributed by atoms with Gasteiger partial charge in [-0.1, -0.05) is 54.4 Å². The molecule has 2 fully saturated rings. The first-order valence-electron chi connectivity index (χ1n) is 13.4. The van der Waals surface area contributed by atoms with E-state index in [2.05, 4.69) is 58.7 Å². The van der Waals surface area contributed by atoms with E-state index < -0.39 is 0 Å². The highest BCUT2D eigenvalue weighted by Crippen LogP contribution is 2.43. The lowest BCUT2D eigenvalue weighted by molar-refractivity contribution is -0.385. The summed E-state index contributed by atoms with van der Waals surface area (Å²) in [5.41, 5.74) is 0.959. The minimum Gasteiger partial charge on any atom is -0.490 e. The maximum Gasteiger partial charge on any atom is 0.310 e. The first-order chi connectivity index (χ1) is 16.1. The van der Waals surface area contributed by atoms with Crippen molar-refractivity contribution in [3.05, 3.63) is 40.1 Å². The minimum absolute atomic E-state index is 0.0125. The van der Waals surface area contributed by atoms with E-state index in [1.807, 2.05) is 6.07 Å². The summed E-state index contributed by atoms with van der Waals surface area (Å²) in [5, 5.41) is 11.3. The summed E-state index contributed by atoms with van der Waals surface area (Å²) in [6, 6.07) is 6.26. The molecule has 1 aromatic carbocycles. The number of nitro groups is 1. The summed E-state index contributed by atoms with van der Waals surface area (Å²) in [6.45, 7) is 14.4. The highest BCUT2D eigenvalue weighted by Gasteiger charge is 2.41. The Labute approximate surface area is 207 Å². The fourth-order valence-electron chi connectivity index (χ4n) is 6.58. The zero-order valence-electron chi connectivity index (χ0n) is 22.4. The topological polar surface area (TPSA) is 55.6 Å². The molecule has 3 rings (SSSR count). The summed E-state index contributed by atoms with van der Waals surface area (Å²) >= 11 is 0. The SMILES string of the molecule is COc1cc(C=CN(C2CC(C)CCC2C(C)C)C2CC(C)CCC2C(C)C)ccc1[N+](=O)[O-]. The van der Waals surface area contributed by atoms with Crippen LogP contribution in [0.1, 0.15) is 85.6 Å². The largest absolute Gasteiger partial charge is 0.490 e. The van der Waals surface area contributed by atoms with E-state index in [0.29, 0.717) is 41.5 Å². The third kappa shape index (κ3) is 6.14. The summed E-state index contributed by atoms with van der Waals surface area (Å²) < 4.78 is 5.32. The zero-order chi connectivity index (χ0) is 25.0. The lowest BCUT2D eigenvalue weighted by atomic mass is 9.69. The molecule has 0 aliphatic heterocycles. The quantitative estimate of drug-likeness (QED) is 0.287. The van der Waals surface area contributed by atoms with Crippen molar-refractivity contribution in [2.24, 2.45) is 35.5 Å². The van der Waals surface area contributed by atoms with E-state index in [-0.39, 0.29) is 10.6 Å². The van der Waals surface area contributed by atoms with Crippen molar-refractivity contribution in [2.75, 3.05) is 7.11 Å². The van der Waals surface area contributed by atoms with Crippen LogP contribution in [0.25, 0.3) is 6.08 Å². The highest BCUT2D eigenvalue weighted by molar-refractivity contribution is 5.58. The molecule has 0 N–H and O–H groups in total. The number of hydrogen-bond donors (Lipinski definition) is 0. The highest BCUT2D eigenvalue weighted by atomic mass is 16.6. The number of hydrogen-bond acceptors (Lipinski definition) is 4. The fraction of sp³-hybridized carbons (Fsp3) is 0.724. The van der Waals surface area contributed by atoms with Crippen LogP contribution < -0.4 is 4.74 Å². The van der Waals surface area contributed by atoms with E-state index in [4.69, 9.17) is 4.74 Å². The van der Waals surface area contributed by atoms with Gasteiger partial charge in [-0.05, 0) is 85.0 Å². The molecule has 34 heavy (non-hydrogen) atoms. The molecule has 1 aromatic rings. The third-order valence-electron chi connectivity index (χ3n) is 8.58. The molecule has 0 bridgehead atoms. The van der Waals surface area contributed by atoms with Crippen molar-refractivity contribution in [3.63, 3.8) is 0 Å². The predicted molar refractivity (Wildman–Crippen MR) is 141 cm³/mol.